The van der Waals surface area contributed by atoms with E-state index >= 15 is 0 Å². The largest absolute Gasteiger partial charge is 0.493 e. The molecule has 0 aliphatic rings. The minimum atomic E-state index is -0.279. The number of fused-ring (bicyclic) bond motifs is 1. The van der Waals surface area contributed by atoms with Gasteiger partial charge in [-0.1, -0.05) is 23.7 Å². The molecule has 7 heteroatoms. The summed E-state index contributed by atoms with van der Waals surface area (Å²) in [7, 11) is 2.98. The zero-order valence-electron chi connectivity index (χ0n) is 13.2. The summed E-state index contributed by atoms with van der Waals surface area (Å²) in [5.74, 6) is 1.20. The van der Waals surface area contributed by atoms with Crippen LogP contribution < -0.4 is 14.8 Å². The predicted molar refractivity (Wildman–Crippen MR) is 91.8 cm³/mol. The SMILES string of the molecule is COc1cc(C(=O)NCc2nc3ccccc3[nH]2)cc(Cl)c1OC. The number of halogens is 1. The normalized spacial score (nSPS) is 10.6. The van der Waals surface area contributed by atoms with Crippen LogP contribution in [0, 0.1) is 0 Å². The number of H-pyrrole nitrogens is 1. The minimum Gasteiger partial charge on any atom is -0.493 e. The van der Waals surface area contributed by atoms with Gasteiger partial charge < -0.3 is 19.8 Å². The van der Waals surface area contributed by atoms with Gasteiger partial charge in [-0.05, 0) is 24.3 Å². The molecule has 0 aliphatic carbocycles. The van der Waals surface area contributed by atoms with Gasteiger partial charge in [-0.2, -0.15) is 0 Å². The van der Waals surface area contributed by atoms with E-state index in [-0.39, 0.29) is 12.5 Å². The molecule has 0 unspecified atom stereocenters. The number of aromatic amines is 1. The molecular weight excluding hydrogens is 330 g/mol. The van der Waals surface area contributed by atoms with Gasteiger partial charge in [0.1, 0.15) is 5.82 Å². The number of benzene rings is 2. The van der Waals surface area contributed by atoms with E-state index in [0.717, 1.165) is 11.0 Å². The van der Waals surface area contributed by atoms with E-state index in [0.29, 0.717) is 27.9 Å². The van der Waals surface area contributed by atoms with Crippen LogP contribution >= 0.6 is 11.6 Å². The molecule has 1 heterocycles. The molecule has 6 nitrogen and oxygen atoms in total. The summed E-state index contributed by atoms with van der Waals surface area (Å²) in [5.41, 5.74) is 2.17. The standard InChI is InChI=1S/C17H16ClN3O3/c1-23-14-8-10(7-11(18)16(14)24-2)17(22)19-9-15-20-12-5-3-4-6-13(12)21-15/h3-8H,9H2,1-2H3,(H,19,22)(H,20,21). The quantitative estimate of drug-likeness (QED) is 0.744. The maximum atomic E-state index is 12.3. The third kappa shape index (κ3) is 3.14. The summed E-state index contributed by atoms with van der Waals surface area (Å²) in [6, 6.07) is 10.8. The fraction of sp³-hybridized carbons (Fsp3) is 0.176. The first kappa shape index (κ1) is 16.1. The van der Waals surface area contributed by atoms with Gasteiger partial charge in [0.25, 0.3) is 5.91 Å². The molecule has 0 spiro atoms. The molecule has 0 aliphatic heterocycles. The molecule has 3 aromatic rings. The summed E-state index contributed by atoms with van der Waals surface area (Å²) >= 11 is 6.12. The lowest BCUT2D eigenvalue weighted by molar-refractivity contribution is 0.0949. The number of para-hydroxylation sites is 2. The van der Waals surface area contributed by atoms with Gasteiger partial charge in [0.15, 0.2) is 11.5 Å². The Morgan fingerprint density at radius 3 is 2.75 bits per heavy atom. The number of aromatic nitrogens is 2. The molecule has 0 saturated carbocycles. The second-order valence-electron chi connectivity index (χ2n) is 5.08. The summed E-state index contributed by atoms with van der Waals surface area (Å²) in [5, 5.41) is 3.12. The molecule has 0 bridgehead atoms. The first-order valence-electron chi connectivity index (χ1n) is 7.25. The van der Waals surface area contributed by atoms with Crippen molar-refractivity contribution in [3.63, 3.8) is 0 Å². The number of rotatable bonds is 5. The lowest BCUT2D eigenvalue weighted by Gasteiger charge is -2.11. The van der Waals surface area contributed by atoms with Crippen LogP contribution in [-0.2, 0) is 6.54 Å². The Morgan fingerprint density at radius 2 is 2.04 bits per heavy atom. The molecule has 3 rings (SSSR count). The van der Waals surface area contributed by atoms with Crippen molar-refractivity contribution in [2.45, 2.75) is 6.54 Å². The first-order valence-corrected chi connectivity index (χ1v) is 7.63. The number of methoxy groups -OCH3 is 2. The molecule has 1 aromatic heterocycles. The van der Waals surface area contributed by atoms with Gasteiger partial charge in [-0.15, -0.1) is 0 Å². The molecule has 124 valence electrons. The minimum absolute atomic E-state index is 0.277. The average molecular weight is 346 g/mol. The highest BCUT2D eigenvalue weighted by atomic mass is 35.5. The van der Waals surface area contributed by atoms with Crippen LogP contribution in [0.2, 0.25) is 5.02 Å². The predicted octanol–water partition coefficient (Wildman–Crippen LogP) is 3.16. The van der Waals surface area contributed by atoms with E-state index in [9.17, 15) is 4.79 Å². The Bertz CT molecular complexity index is 859. The van der Waals surface area contributed by atoms with Gasteiger partial charge >= 0.3 is 0 Å². The Morgan fingerprint density at radius 1 is 1.25 bits per heavy atom. The number of ether oxygens (including phenoxy) is 2. The van der Waals surface area contributed by atoms with E-state index in [4.69, 9.17) is 21.1 Å². The van der Waals surface area contributed by atoms with Crippen LogP contribution in [-0.4, -0.2) is 30.1 Å². The van der Waals surface area contributed by atoms with Gasteiger partial charge in [0.05, 0.1) is 36.8 Å². The van der Waals surface area contributed by atoms with Crippen LogP contribution in [0.4, 0.5) is 0 Å². The highest BCUT2D eigenvalue weighted by Crippen LogP contribution is 2.35. The lowest BCUT2D eigenvalue weighted by Crippen LogP contribution is -2.23. The van der Waals surface area contributed by atoms with Crippen molar-refractivity contribution in [1.82, 2.24) is 15.3 Å². The van der Waals surface area contributed by atoms with Crippen molar-refractivity contribution in [1.29, 1.82) is 0 Å². The average Bonchev–Trinajstić information content (AvgIpc) is 3.01. The fourth-order valence-electron chi connectivity index (χ4n) is 2.40. The molecule has 0 radical (unpaired) electrons. The Hall–Kier alpha value is -2.73. The number of nitrogens with one attached hydrogen (secondary N) is 2. The van der Waals surface area contributed by atoms with Crippen molar-refractivity contribution in [3.8, 4) is 11.5 Å². The molecule has 24 heavy (non-hydrogen) atoms. The van der Waals surface area contributed by atoms with E-state index < -0.39 is 0 Å². The third-order valence-electron chi connectivity index (χ3n) is 3.55. The number of carbonyl (C=O) groups excluding carboxylic acids is 1. The van der Waals surface area contributed by atoms with Gasteiger partial charge in [0.2, 0.25) is 0 Å². The van der Waals surface area contributed by atoms with E-state index in [1.54, 1.807) is 6.07 Å². The molecule has 0 saturated heterocycles. The van der Waals surface area contributed by atoms with Crippen LogP contribution in [0.5, 0.6) is 11.5 Å². The Balaban J connectivity index is 1.76. The number of carbonyl (C=O) groups is 1. The van der Waals surface area contributed by atoms with Crippen molar-refractivity contribution in [2.75, 3.05) is 14.2 Å². The van der Waals surface area contributed by atoms with Gasteiger partial charge in [-0.25, -0.2) is 4.98 Å². The molecule has 0 atom stereocenters. The first-order chi connectivity index (χ1) is 11.6. The summed E-state index contributed by atoms with van der Waals surface area (Å²) in [6.07, 6.45) is 0. The number of hydrogen-bond acceptors (Lipinski definition) is 4. The maximum absolute atomic E-state index is 12.3. The second-order valence-corrected chi connectivity index (χ2v) is 5.48. The van der Waals surface area contributed by atoms with Crippen molar-refractivity contribution >= 4 is 28.5 Å². The van der Waals surface area contributed by atoms with E-state index in [2.05, 4.69) is 15.3 Å². The highest BCUT2D eigenvalue weighted by Gasteiger charge is 2.15. The van der Waals surface area contributed by atoms with Crippen LogP contribution in [0.1, 0.15) is 16.2 Å². The molecule has 1 amide bonds. The van der Waals surface area contributed by atoms with Gasteiger partial charge in [-0.3, -0.25) is 4.79 Å². The number of hydrogen-bond donors (Lipinski definition) is 2. The highest BCUT2D eigenvalue weighted by molar-refractivity contribution is 6.32. The number of nitrogens with zero attached hydrogens (tertiary/aromatic N) is 1. The maximum Gasteiger partial charge on any atom is 0.251 e. The van der Waals surface area contributed by atoms with E-state index in [1.807, 2.05) is 24.3 Å². The monoisotopic (exact) mass is 345 g/mol. The lowest BCUT2D eigenvalue weighted by atomic mass is 10.2. The van der Waals surface area contributed by atoms with Crippen LogP contribution in [0.25, 0.3) is 11.0 Å². The number of imidazole rings is 1. The summed E-state index contributed by atoms with van der Waals surface area (Å²) in [6.45, 7) is 0.277. The fourth-order valence-corrected chi connectivity index (χ4v) is 2.69. The topological polar surface area (TPSA) is 76.2 Å². The zero-order chi connectivity index (χ0) is 17.1. The molecular formula is C17H16ClN3O3. The summed E-state index contributed by atoms with van der Waals surface area (Å²) in [4.78, 5) is 19.9. The van der Waals surface area contributed by atoms with Crippen LogP contribution in [0.3, 0.4) is 0 Å². The Labute approximate surface area is 143 Å². The summed E-state index contributed by atoms with van der Waals surface area (Å²) < 4.78 is 10.4. The van der Waals surface area contributed by atoms with Crippen molar-refractivity contribution in [3.05, 3.63) is 52.8 Å². The van der Waals surface area contributed by atoms with Gasteiger partial charge in [0, 0.05) is 5.56 Å². The molecule has 2 N–H and O–H groups in total. The van der Waals surface area contributed by atoms with E-state index in [1.165, 1.54) is 20.3 Å². The van der Waals surface area contributed by atoms with Crippen LogP contribution in [0.15, 0.2) is 36.4 Å². The number of amides is 1. The van der Waals surface area contributed by atoms with Crippen molar-refractivity contribution < 1.29 is 14.3 Å². The Kier molecular flexibility index (Phi) is 4.57. The smallest absolute Gasteiger partial charge is 0.251 e. The van der Waals surface area contributed by atoms with Crippen molar-refractivity contribution in [2.24, 2.45) is 0 Å². The molecule has 2 aromatic carbocycles. The zero-order valence-corrected chi connectivity index (χ0v) is 14.0. The second kappa shape index (κ2) is 6.80. The molecule has 0 fully saturated rings. The third-order valence-corrected chi connectivity index (χ3v) is 3.83.